The molecule has 20 heavy (non-hydrogen) atoms. The van der Waals surface area contributed by atoms with E-state index in [-0.39, 0.29) is 23.5 Å². The fraction of sp³-hybridized carbons (Fsp3) is 0.538. The lowest BCUT2D eigenvalue weighted by Crippen LogP contribution is -2.35. The number of hydrogen-bond donors (Lipinski definition) is 2. The maximum Gasteiger partial charge on any atom is 0.253 e. The minimum atomic E-state index is -2.99. The van der Waals surface area contributed by atoms with Crippen LogP contribution in [0.3, 0.4) is 0 Å². The van der Waals surface area contributed by atoms with Gasteiger partial charge >= 0.3 is 0 Å². The van der Waals surface area contributed by atoms with Crippen molar-refractivity contribution in [1.82, 2.24) is 10.3 Å². The Kier molecular flexibility index (Phi) is 4.59. The van der Waals surface area contributed by atoms with E-state index in [0.717, 1.165) is 18.7 Å². The smallest absolute Gasteiger partial charge is 0.253 e. The number of nitrogens with one attached hydrogen (secondary N) is 2. The normalized spacial score (nSPS) is 20.6. The highest BCUT2D eigenvalue weighted by Gasteiger charge is 2.29. The number of hydrogen-bond acceptors (Lipinski definition) is 5. The van der Waals surface area contributed by atoms with Gasteiger partial charge in [-0.15, -0.1) is 0 Å². The van der Waals surface area contributed by atoms with E-state index in [1.54, 1.807) is 12.3 Å². The summed E-state index contributed by atoms with van der Waals surface area (Å²) in [5.41, 5.74) is 1.23. The quantitative estimate of drug-likeness (QED) is 0.840. The first kappa shape index (κ1) is 14.8. The van der Waals surface area contributed by atoms with Crippen LogP contribution in [0.2, 0.25) is 0 Å². The van der Waals surface area contributed by atoms with Gasteiger partial charge in [-0.1, -0.05) is 6.92 Å². The average Bonchev–Trinajstić information content (AvgIpc) is 2.76. The van der Waals surface area contributed by atoms with Gasteiger partial charge in [-0.3, -0.25) is 9.78 Å². The average molecular weight is 297 g/mol. The van der Waals surface area contributed by atoms with Crippen molar-refractivity contribution in [3.05, 3.63) is 24.0 Å². The lowest BCUT2D eigenvalue weighted by atomic mass is 10.2. The summed E-state index contributed by atoms with van der Waals surface area (Å²) in [6.07, 6.45) is 4.61. The fourth-order valence-electron chi connectivity index (χ4n) is 2.11. The zero-order valence-electron chi connectivity index (χ0n) is 11.4. The first-order valence-electron chi connectivity index (χ1n) is 6.70. The molecule has 1 aliphatic rings. The van der Waals surface area contributed by atoms with Crippen molar-refractivity contribution in [1.29, 1.82) is 0 Å². The first-order valence-corrected chi connectivity index (χ1v) is 8.52. The standard InChI is InChI=1S/C13H19N3O3S/c1-2-4-15-12-6-10(7-14-8-12)13(17)16-11-3-5-20(18,19)9-11/h6-8,11,15H,2-5,9H2,1H3,(H,16,17). The molecule has 1 aliphatic heterocycles. The van der Waals surface area contributed by atoms with Crippen molar-refractivity contribution >= 4 is 21.4 Å². The second kappa shape index (κ2) is 6.21. The van der Waals surface area contributed by atoms with Crippen LogP contribution in [-0.4, -0.2) is 43.4 Å². The van der Waals surface area contributed by atoms with Gasteiger partial charge in [0.05, 0.1) is 22.8 Å². The molecule has 1 amide bonds. The number of rotatable bonds is 5. The molecule has 0 spiro atoms. The van der Waals surface area contributed by atoms with Crippen molar-refractivity contribution in [2.75, 3.05) is 23.4 Å². The number of amides is 1. The number of pyridine rings is 1. The molecule has 1 saturated heterocycles. The van der Waals surface area contributed by atoms with Crippen LogP contribution in [-0.2, 0) is 9.84 Å². The Bertz CT molecular complexity index is 586. The maximum absolute atomic E-state index is 12.1. The van der Waals surface area contributed by atoms with Gasteiger partial charge in [0, 0.05) is 25.0 Å². The summed E-state index contributed by atoms with van der Waals surface area (Å²) in [6.45, 7) is 2.87. The molecule has 0 aliphatic carbocycles. The Morgan fingerprint density at radius 1 is 1.45 bits per heavy atom. The zero-order valence-corrected chi connectivity index (χ0v) is 12.2. The molecule has 0 aromatic carbocycles. The van der Waals surface area contributed by atoms with Gasteiger partial charge in [-0.05, 0) is 18.9 Å². The first-order chi connectivity index (χ1) is 9.50. The van der Waals surface area contributed by atoms with Crippen molar-refractivity contribution in [2.45, 2.75) is 25.8 Å². The molecule has 1 atom stereocenters. The fourth-order valence-corrected chi connectivity index (χ4v) is 3.78. The molecule has 0 saturated carbocycles. The van der Waals surface area contributed by atoms with Crippen LogP contribution >= 0.6 is 0 Å². The Labute approximate surface area is 118 Å². The minimum absolute atomic E-state index is 0.0277. The molecule has 0 bridgehead atoms. The van der Waals surface area contributed by atoms with Crippen molar-refractivity contribution in [3.63, 3.8) is 0 Å². The summed E-state index contributed by atoms with van der Waals surface area (Å²) in [7, 11) is -2.99. The SMILES string of the molecule is CCCNc1cncc(C(=O)NC2CCS(=O)(=O)C2)c1. The number of carbonyl (C=O) groups is 1. The second-order valence-corrected chi connectivity index (χ2v) is 7.19. The van der Waals surface area contributed by atoms with Crippen LogP contribution in [0.5, 0.6) is 0 Å². The highest BCUT2D eigenvalue weighted by molar-refractivity contribution is 7.91. The Hall–Kier alpha value is -1.63. The number of sulfone groups is 1. The van der Waals surface area contributed by atoms with E-state index in [1.807, 2.05) is 0 Å². The summed E-state index contributed by atoms with van der Waals surface area (Å²) in [5, 5.41) is 5.91. The highest BCUT2D eigenvalue weighted by atomic mass is 32.2. The number of aromatic nitrogens is 1. The van der Waals surface area contributed by atoms with Gasteiger partial charge in [-0.25, -0.2) is 8.42 Å². The maximum atomic E-state index is 12.1. The highest BCUT2D eigenvalue weighted by Crippen LogP contribution is 2.13. The minimum Gasteiger partial charge on any atom is -0.384 e. The van der Waals surface area contributed by atoms with Gasteiger partial charge in [-0.2, -0.15) is 0 Å². The molecule has 110 valence electrons. The van der Waals surface area contributed by atoms with Gasteiger partial charge in [0.15, 0.2) is 9.84 Å². The van der Waals surface area contributed by atoms with Gasteiger partial charge in [0.25, 0.3) is 5.91 Å². The van der Waals surface area contributed by atoms with Crippen LogP contribution in [0.1, 0.15) is 30.1 Å². The predicted molar refractivity (Wildman–Crippen MR) is 77.5 cm³/mol. The molecule has 2 heterocycles. The molecule has 2 rings (SSSR count). The van der Waals surface area contributed by atoms with Gasteiger partial charge in [0.2, 0.25) is 0 Å². The largest absolute Gasteiger partial charge is 0.384 e. The van der Waals surface area contributed by atoms with E-state index in [1.165, 1.54) is 6.20 Å². The predicted octanol–water partition coefficient (Wildman–Crippen LogP) is 0.820. The lowest BCUT2D eigenvalue weighted by molar-refractivity contribution is 0.0941. The molecule has 7 heteroatoms. The summed E-state index contributed by atoms with van der Waals surface area (Å²) in [5.74, 6) is -0.103. The van der Waals surface area contributed by atoms with E-state index in [2.05, 4.69) is 22.5 Å². The monoisotopic (exact) mass is 297 g/mol. The van der Waals surface area contributed by atoms with Crippen LogP contribution < -0.4 is 10.6 Å². The van der Waals surface area contributed by atoms with E-state index >= 15 is 0 Å². The summed E-state index contributed by atoms with van der Waals surface area (Å²) < 4.78 is 22.7. The molecule has 6 nitrogen and oxygen atoms in total. The molecule has 2 N–H and O–H groups in total. The Balaban J connectivity index is 1.99. The van der Waals surface area contributed by atoms with Crippen molar-refractivity contribution in [2.24, 2.45) is 0 Å². The molecule has 1 aromatic heterocycles. The molecular weight excluding hydrogens is 278 g/mol. The number of carbonyl (C=O) groups excluding carboxylic acids is 1. The van der Waals surface area contributed by atoms with Gasteiger partial charge in [0.1, 0.15) is 0 Å². The van der Waals surface area contributed by atoms with Crippen LogP contribution in [0, 0.1) is 0 Å². The molecule has 1 fully saturated rings. The van der Waals surface area contributed by atoms with E-state index in [9.17, 15) is 13.2 Å². The molecular formula is C13H19N3O3S. The third-order valence-electron chi connectivity index (χ3n) is 3.15. The van der Waals surface area contributed by atoms with E-state index < -0.39 is 9.84 Å². The Morgan fingerprint density at radius 3 is 2.90 bits per heavy atom. The van der Waals surface area contributed by atoms with Crippen molar-refractivity contribution < 1.29 is 13.2 Å². The van der Waals surface area contributed by atoms with Crippen LogP contribution in [0.4, 0.5) is 5.69 Å². The van der Waals surface area contributed by atoms with E-state index in [0.29, 0.717) is 12.0 Å². The summed E-state index contributed by atoms with van der Waals surface area (Å²) >= 11 is 0. The Morgan fingerprint density at radius 2 is 2.25 bits per heavy atom. The van der Waals surface area contributed by atoms with Crippen LogP contribution in [0.15, 0.2) is 18.5 Å². The summed E-state index contributed by atoms with van der Waals surface area (Å²) in [6, 6.07) is 1.43. The lowest BCUT2D eigenvalue weighted by Gasteiger charge is -2.11. The summed E-state index contributed by atoms with van der Waals surface area (Å²) in [4.78, 5) is 16.1. The van der Waals surface area contributed by atoms with Crippen molar-refractivity contribution in [3.8, 4) is 0 Å². The molecule has 1 unspecified atom stereocenters. The third kappa shape index (κ3) is 3.93. The molecule has 0 radical (unpaired) electrons. The molecule has 1 aromatic rings. The topological polar surface area (TPSA) is 88.2 Å². The number of anilines is 1. The van der Waals surface area contributed by atoms with Crippen LogP contribution in [0.25, 0.3) is 0 Å². The third-order valence-corrected chi connectivity index (χ3v) is 4.92. The zero-order chi connectivity index (χ0) is 14.6. The second-order valence-electron chi connectivity index (χ2n) is 4.96. The van der Waals surface area contributed by atoms with E-state index in [4.69, 9.17) is 0 Å². The van der Waals surface area contributed by atoms with Gasteiger partial charge < -0.3 is 10.6 Å². The number of nitrogens with zero attached hydrogens (tertiary/aromatic N) is 1.